The molecule has 0 radical (unpaired) electrons. The van der Waals surface area contributed by atoms with E-state index in [-0.39, 0.29) is 0 Å². The highest BCUT2D eigenvalue weighted by atomic mass is 15.2. The van der Waals surface area contributed by atoms with E-state index in [0.29, 0.717) is 0 Å². The fraction of sp³-hybridized carbons (Fsp3) is 0.294. The van der Waals surface area contributed by atoms with E-state index in [2.05, 4.69) is 45.3 Å². The van der Waals surface area contributed by atoms with Crippen molar-refractivity contribution in [2.24, 2.45) is 0 Å². The van der Waals surface area contributed by atoms with Gasteiger partial charge in [-0.15, -0.1) is 0 Å². The average molecular weight is 308 g/mol. The Morgan fingerprint density at radius 3 is 3.00 bits per heavy atom. The zero-order valence-electron chi connectivity index (χ0n) is 12.9. The molecule has 4 rings (SSSR count). The SMILES string of the molecule is c1cc2cc(c1)-c1cnn3ccc(nc13)NCCCNCCN2. The molecule has 118 valence electrons. The Kier molecular flexibility index (Phi) is 3.81. The highest BCUT2D eigenvalue weighted by Gasteiger charge is 2.10. The van der Waals surface area contributed by atoms with Gasteiger partial charge in [-0.05, 0) is 36.7 Å². The van der Waals surface area contributed by atoms with E-state index in [4.69, 9.17) is 4.98 Å². The van der Waals surface area contributed by atoms with Crippen LogP contribution in [-0.4, -0.2) is 40.8 Å². The summed E-state index contributed by atoms with van der Waals surface area (Å²) >= 11 is 0. The second-order valence-corrected chi connectivity index (χ2v) is 5.68. The monoisotopic (exact) mass is 308 g/mol. The quantitative estimate of drug-likeness (QED) is 0.594. The van der Waals surface area contributed by atoms with Crippen molar-refractivity contribution in [1.82, 2.24) is 19.9 Å². The van der Waals surface area contributed by atoms with Gasteiger partial charge in [-0.1, -0.05) is 12.1 Å². The smallest absolute Gasteiger partial charge is 0.165 e. The predicted molar refractivity (Wildman–Crippen MR) is 92.9 cm³/mol. The Bertz CT molecular complexity index is 810. The van der Waals surface area contributed by atoms with Crippen molar-refractivity contribution < 1.29 is 0 Å². The maximum Gasteiger partial charge on any atom is 0.165 e. The van der Waals surface area contributed by atoms with Gasteiger partial charge in [0.1, 0.15) is 5.82 Å². The van der Waals surface area contributed by atoms with Crippen LogP contribution in [0.5, 0.6) is 0 Å². The summed E-state index contributed by atoms with van der Waals surface area (Å²) in [5.41, 5.74) is 4.16. The summed E-state index contributed by atoms with van der Waals surface area (Å²) in [6.45, 7) is 3.76. The van der Waals surface area contributed by atoms with Gasteiger partial charge in [-0.2, -0.15) is 5.10 Å². The summed E-state index contributed by atoms with van der Waals surface area (Å²) in [6, 6.07) is 10.4. The number of aromatic nitrogens is 3. The molecular weight excluding hydrogens is 288 g/mol. The molecule has 4 bridgehead atoms. The van der Waals surface area contributed by atoms with Crippen LogP contribution in [0.2, 0.25) is 0 Å². The zero-order valence-corrected chi connectivity index (χ0v) is 12.9. The third-order valence-electron chi connectivity index (χ3n) is 4.01. The third-order valence-corrected chi connectivity index (χ3v) is 4.01. The van der Waals surface area contributed by atoms with Crippen LogP contribution in [-0.2, 0) is 0 Å². The summed E-state index contributed by atoms with van der Waals surface area (Å²) in [4.78, 5) is 4.73. The number of hydrogen-bond donors (Lipinski definition) is 3. The van der Waals surface area contributed by atoms with Crippen molar-refractivity contribution in [1.29, 1.82) is 0 Å². The number of nitrogens with zero attached hydrogens (tertiary/aromatic N) is 3. The van der Waals surface area contributed by atoms with E-state index in [0.717, 1.165) is 60.9 Å². The van der Waals surface area contributed by atoms with E-state index in [1.165, 1.54) is 0 Å². The van der Waals surface area contributed by atoms with Crippen LogP contribution in [0.15, 0.2) is 42.7 Å². The molecule has 0 amide bonds. The van der Waals surface area contributed by atoms with Crippen LogP contribution in [0.1, 0.15) is 6.42 Å². The van der Waals surface area contributed by atoms with Gasteiger partial charge in [0, 0.05) is 37.1 Å². The molecule has 1 aliphatic heterocycles. The first kappa shape index (κ1) is 14.0. The van der Waals surface area contributed by atoms with Gasteiger partial charge in [0.15, 0.2) is 5.65 Å². The first-order valence-electron chi connectivity index (χ1n) is 8.03. The molecule has 3 heterocycles. The second-order valence-electron chi connectivity index (χ2n) is 5.68. The van der Waals surface area contributed by atoms with E-state index < -0.39 is 0 Å². The van der Waals surface area contributed by atoms with Crippen LogP contribution in [0.3, 0.4) is 0 Å². The van der Waals surface area contributed by atoms with Crippen molar-refractivity contribution in [2.75, 3.05) is 36.8 Å². The molecule has 2 aromatic heterocycles. The topological polar surface area (TPSA) is 66.3 Å². The van der Waals surface area contributed by atoms with E-state index in [1.54, 1.807) is 0 Å². The van der Waals surface area contributed by atoms with Gasteiger partial charge in [0.2, 0.25) is 0 Å². The fourth-order valence-corrected chi connectivity index (χ4v) is 2.82. The molecule has 0 saturated heterocycles. The lowest BCUT2D eigenvalue weighted by atomic mass is 10.1. The summed E-state index contributed by atoms with van der Waals surface area (Å²) < 4.78 is 1.82. The Morgan fingerprint density at radius 2 is 2.00 bits per heavy atom. The van der Waals surface area contributed by atoms with Crippen LogP contribution >= 0.6 is 0 Å². The zero-order chi connectivity index (χ0) is 15.5. The van der Waals surface area contributed by atoms with Crippen LogP contribution in [0.25, 0.3) is 16.8 Å². The Balaban J connectivity index is 1.78. The van der Waals surface area contributed by atoms with Crippen molar-refractivity contribution >= 4 is 17.2 Å². The lowest BCUT2D eigenvalue weighted by Crippen LogP contribution is -2.24. The Morgan fingerprint density at radius 1 is 1.00 bits per heavy atom. The summed E-state index contributed by atoms with van der Waals surface area (Å²) in [5.74, 6) is 0.892. The minimum Gasteiger partial charge on any atom is -0.384 e. The molecule has 1 aliphatic rings. The maximum atomic E-state index is 4.73. The van der Waals surface area contributed by atoms with Crippen LogP contribution < -0.4 is 16.0 Å². The molecule has 3 aromatic rings. The molecule has 6 heteroatoms. The molecule has 0 fully saturated rings. The number of benzene rings is 1. The van der Waals surface area contributed by atoms with Gasteiger partial charge in [0.25, 0.3) is 0 Å². The van der Waals surface area contributed by atoms with Gasteiger partial charge in [0.05, 0.1) is 6.20 Å². The number of nitrogens with one attached hydrogen (secondary N) is 3. The fourth-order valence-electron chi connectivity index (χ4n) is 2.82. The molecule has 1 aromatic carbocycles. The van der Waals surface area contributed by atoms with Crippen molar-refractivity contribution in [3.8, 4) is 11.1 Å². The molecule has 6 nitrogen and oxygen atoms in total. The molecule has 23 heavy (non-hydrogen) atoms. The van der Waals surface area contributed by atoms with E-state index in [9.17, 15) is 0 Å². The summed E-state index contributed by atoms with van der Waals surface area (Å²) in [5, 5.41) is 14.7. The first-order chi connectivity index (χ1) is 11.4. The molecule has 0 aliphatic carbocycles. The first-order valence-corrected chi connectivity index (χ1v) is 8.03. The standard InChI is InChI=1S/C17H20N6/c1-3-13-11-14(4-1)19-9-8-18-6-2-7-20-16-5-10-23-17(22-16)15(13)12-21-23/h1,3-5,10-12,18-19H,2,6-9H2,(H,20,22). The van der Waals surface area contributed by atoms with Crippen molar-refractivity contribution in [3.05, 3.63) is 42.7 Å². The maximum absolute atomic E-state index is 4.73. The molecule has 0 spiro atoms. The van der Waals surface area contributed by atoms with E-state index >= 15 is 0 Å². The third kappa shape index (κ3) is 2.98. The number of anilines is 2. The number of rotatable bonds is 0. The lowest BCUT2D eigenvalue weighted by Gasteiger charge is -2.09. The predicted octanol–water partition coefficient (Wildman–Crippen LogP) is 2.21. The molecule has 3 N–H and O–H groups in total. The molecule has 0 atom stereocenters. The normalized spacial score (nSPS) is 15.5. The molecule has 0 unspecified atom stereocenters. The second kappa shape index (κ2) is 6.26. The molecule has 0 saturated carbocycles. The van der Waals surface area contributed by atoms with Gasteiger partial charge < -0.3 is 16.0 Å². The highest BCUT2D eigenvalue weighted by Crippen LogP contribution is 2.26. The minimum absolute atomic E-state index is 0.875. The summed E-state index contributed by atoms with van der Waals surface area (Å²) in [7, 11) is 0. The minimum atomic E-state index is 0.875. The number of fused-ring (bicyclic) bond motifs is 4. The molecular formula is C17H20N6. The van der Waals surface area contributed by atoms with Crippen molar-refractivity contribution in [2.45, 2.75) is 6.42 Å². The average Bonchev–Trinajstić information content (AvgIpc) is 3.00. The van der Waals surface area contributed by atoms with Gasteiger partial charge in [-0.25, -0.2) is 9.50 Å². The Hall–Kier alpha value is -2.60. The highest BCUT2D eigenvalue weighted by molar-refractivity contribution is 5.79. The van der Waals surface area contributed by atoms with Crippen LogP contribution in [0, 0.1) is 0 Å². The van der Waals surface area contributed by atoms with Gasteiger partial charge in [-0.3, -0.25) is 0 Å². The lowest BCUT2D eigenvalue weighted by molar-refractivity contribution is 0.674. The Labute approximate surface area is 134 Å². The summed E-state index contributed by atoms with van der Waals surface area (Å²) in [6.07, 6.45) is 4.89. The number of hydrogen-bond acceptors (Lipinski definition) is 5. The van der Waals surface area contributed by atoms with E-state index in [1.807, 2.05) is 23.0 Å². The largest absolute Gasteiger partial charge is 0.384 e. The van der Waals surface area contributed by atoms with Crippen LogP contribution in [0.4, 0.5) is 11.5 Å². The van der Waals surface area contributed by atoms with Crippen molar-refractivity contribution in [3.63, 3.8) is 0 Å². The van der Waals surface area contributed by atoms with Gasteiger partial charge >= 0.3 is 0 Å².